The van der Waals surface area contributed by atoms with Crippen molar-refractivity contribution in [1.29, 1.82) is 0 Å². The van der Waals surface area contributed by atoms with Gasteiger partial charge in [0.2, 0.25) is 10.0 Å². The SMILES string of the molecule is CCOc1ccccc1S(=O)(=O)NCc1cncc(-c2ccsc2)c1. The second-order valence-electron chi connectivity index (χ2n) is 5.30. The van der Waals surface area contributed by atoms with Crippen LogP contribution < -0.4 is 9.46 Å². The van der Waals surface area contributed by atoms with Gasteiger partial charge in [0, 0.05) is 24.5 Å². The van der Waals surface area contributed by atoms with E-state index in [0.717, 1.165) is 16.7 Å². The Bertz CT molecular complexity index is 938. The predicted molar refractivity (Wildman–Crippen MR) is 99.2 cm³/mol. The predicted octanol–water partition coefficient (Wildman–Crippen LogP) is 3.69. The quantitative estimate of drug-likeness (QED) is 0.685. The molecule has 3 aromatic rings. The Labute approximate surface area is 151 Å². The number of hydrogen-bond donors (Lipinski definition) is 1. The maximum atomic E-state index is 12.6. The molecule has 0 bridgehead atoms. The highest BCUT2D eigenvalue weighted by atomic mass is 32.2. The van der Waals surface area contributed by atoms with Gasteiger partial charge in [-0.2, -0.15) is 11.3 Å². The lowest BCUT2D eigenvalue weighted by atomic mass is 10.1. The van der Waals surface area contributed by atoms with Gasteiger partial charge in [-0.25, -0.2) is 13.1 Å². The van der Waals surface area contributed by atoms with E-state index in [-0.39, 0.29) is 11.4 Å². The number of para-hydroxylation sites is 1. The molecular formula is C18H18N2O3S2. The fourth-order valence-corrected chi connectivity index (χ4v) is 4.20. The molecule has 0 saturated heterocycles. The Morgan fingerprint density at radius 1 is 1.16 bits per heavy atom. The van der Waals surface area contributed by atoms with Gasteiger partial charge in [0.15, 0.2) is 0 Å². The zero-order valence-corrected chi connectivity index (χ0v) is 15.3. The van der Waals surface area contributed by atoms with Gasteiger partial charge in [-0.05, 0) is 53.1 Å². The first-order valence-electron chi connectivity index (χ1n) is 7.78. The van der Waals surface area contributed by atoms with Crippen LogP contribution in [-0.2, 0) is 16.6 Å². The van der Waals surface area contributed by atoms with Crippen LogP contribution in [0, 0.1) is 0 Å². The first kappa shape index (κ1) is 17.6. The first-order chi connectivity index (χ1) is 12.1. The van der Waals surface area contributed by atoms with Crippen molar-refractivity contribution in [3.63, 3.8) is 0 Å². The van der Waals surface area contributed by atoms with Crippen molar-refractivity contribution in [2.24, 2.45) is 0 Å². The summed E-state index contributed by atoms with van der Waals surface area (Å²) in [5.74, 6) is 0.350. The molecule has 25 heavy (non-hydrogen) atoms. The van der Waals surface area contributed by atoms with Crippen LogP contribution in [0.1, 0.15) is 12.5 Å². The lowest BCUT2D eigenvalue weighted by molar-refractivity contribution is 0.331. The largest absolute Gasteiger partial charge is 0.492 e. The van der Waals surface area contributed by atoms with Crippen molar-refractivity contribution in [1.82, 2.24) is 9.71 Å². The van der Waals surface area contributed by atoms with E-state index in [2.05, 4.69) is 9.71 Å². The molecule has 0 atom stereocenters. The van der Waals surface area contributed by atoms with E-state index in [1.54, 1.807) is 41.9 Å². The summed E-state index contributed by atoms with van der Waals surface area (Å²) < 4.78 is 33.2. The van der Waals surface area contributed by atoms with Gasteiger partial charge in [0.05, 0.1) is 6.61 Å². The Morgan fingerprint density at radius 3 is 2.76 bits per heavy atom. The summed E-state index contributed by atoms with van der Waals surface area (Å²) in [5.41, 5.74) is 2.83. The third-order valence-electron chi connectivity index (χ3n) is 3.55. The molecule has 0 aliphatic carbocycles. The molecule has 5 nitrogen and oxygen atoms in total. The van der Waals surface area contributed by atoms with Crippen LogP contribution in [0.25, 0.3) is 11.1 Å². The number of nitrogens with zero attached hydrogens (tertiary/aromatic N) is 1. The number of aromatic nitrogens is 1. The summed E-state index contributed by atoms with van der Waals surface area (Å²) in [5, 5.41) is 4.03. The molecule has 0 amide bonds. The monoisotopic (exact) mass is 374 g/mol. The fourth-order valence-electron chi connectivity index (χ4n) is 2.37. The van der Waals surface area contributed by atoms with Crippen LogP contribution in [0.3, 0.4) is 0 Å². The number of nitrogens with one attached hydrogen (secondary N) is 1. The third-order valence-corrected chi connectivity index (χ3v) is 5.68. The minimum Gasteiger partial charge on any atom is -0.492 e. The Morgan fingerprint density at radius 2 is 2.00 bits per heavy atom. The molecule has 0 radical (unpaired) electrons. The highest BCUT2D eigenvalue weighted by Gasteiger charge is 2.19. The first-order valence-corrected chi connectivity index (χ1v) is 10.2. The van der Waals surface area contributed by atoms with E-state index in [1.807, 2.05) is 29.8 Å². The van der Waals surface area contributed by atoms with E-state index in [1.165, 1.54) is 6.07 Å². The summed E-state index contributed by atoms with van der Waals surface area (Å²) in [6.07, 6.45) is 3.43. The molecular weight excluding hydrogens is 356 g/mol. The molecule has 0 aliphatic rings. The highest BCUT2D eigenvalue weighted by Crippen LogP contribution is 2.24. The van der Waals surface area contributed by atoms with Gasteiger partial charge >= 0.3 is 0 Å². The summed E-state index contributed by atoms with van der Waals surface area (Å²) in [7, 11) is -3.68. The van der Waals surface area contributed by atoms with Crippen molar-refractivity contribution < 1.29 is 13.2 Å². The van der Waals surface area contributed by atoms with E-state index in [9.17, 15) is 8.42 Å². The Balaban J connectivity index is 1.78. The van der Waals surface area contributed by atoms with Gasteiger partial charge in [-0.15, -0.1) is 0 Å². The average Bonchev–Trinajstić information content (AvgIpc) is 3.16. The number of rotatable bonds is 7. The molecule has 0 unspecified atom stereocenters. The fraction of sp³-hybridized carbons (Fsp3) is 0.167. The minimum absolute atomic E-state index is 0.138. The van der Waals surface area contributed by atoms with Crippen LogP contribution in [0.2, 0.25) is 0 Å². The molecule has 2 aromatic heterocycles. The van der Waals surface area contributed by atoms with Crippen LogP contribution in [-0.4, -0.2) is 20.0 Å². The molecule has 0 aliphatic heterocycles. The van der Waals surface area contributed by atoms with Crippen LogP contribution >= 0.6 is 11.3 Å². The number of benzene rings is 1. The maximum absolute atomic E-state index is 12.6. The van der Waals surface area contributed by atoms with E-state index in [4.69, 9.17) is 4.74 Å². The topological polar surface area (TPSA) is 68.3 Å². The summed E-state index contributed by atoms with van der Waals surface area (Å²) in [6.45, 7) is 2.38. The highest BCUT2D eigenvalue weighted by molar-refractivity contribution is 7.89. The van der Waals surface area contributed by atoms with E-state index in [0.29, 0.717) is 12.4 Å². The average molecular weight is 374 g/mol. The molecule has 0 saturated carbocycles. The molecule has 0 spiro atoms. The number of thiophene rings is 1. The zero-order valence-electron chi connectivity index (χ0n) is 13.7. The smallest absolute Gasteiger partial charge is 0.244 e. The molecule has 1 aromatic carbocycles. The van der Waals surface area contributed by atoms with Crippen molar-refractivity contribution in [3.8, 4) is 16.9 Å². The molecule has 3 rings (SSSR count). The normalized spacial score (nSPS) is 11.4. The van der Waals surface area contributed by atoms with Crippen LogP contribution in [0.15, 0.2) is 64.4 Å². The summed E-state index contributed by atoms with van der Waals surface area (Å²) >= 11 is 1.61. The van der Waals surface area contributed by atoms with Gasteiger partial charge in [0.25, 0.3) is 0 Å². The van der Waals surface area contributed by atoms with Crippen molar-refractivity contribution in [3.05, 3.63) is 65.1 Å². The summed E-state index contributed by atoms with van der Waals surface area (Å²) in [6, 6.07) is 10.6. The van der Waals surface area contributed by atoms with Crippen molar-refractivity contribution >= 4 is 21.4 Å². The number of sulfonamides is 1. The lowest BCUT2D eigenvalue weighted by Crippen LogP contribution is -2.24. The lowest BCUT2D eigenvalue weighted by Gasteiger charge is -2.12. The maximum Gasteiger partial charge on any atom is 0.244 e. The molecule has 0 fully saturated rings. The van der Waals surface area contributed by atoms with E-state index >= 15 is 0 Å². The van der Waals surface area contributed by atoms with Crippen LogP contribution in [0.5, 0.6) is 5.75 Å². The molecule has 7 heteroatoms. The molecule has 2 heterocycles. The molecule has 130 valence electrons. The Kier molecular flexibility index (Phi) is 5.47. The van der Waals surface area contributed by atoms with Crippen molar-refractivity contribution in [2.75, 3.05) is 6.61 Å². The minimum atomic E-state index is -3.68. The van der Waals surface area contributed by atoms with Gasteiger partial charge in [-0.3, -0.25) is 4.98 Å². The second kappa shape index (κ2) is 7.77. The zero-order chi connectivity index (χ0) is 17.7. The van der Waals surface area contributed by atoms with Crippen LogP contribution in [0.4, 0.5) is 0 Å². The number of pyridine rings is 1. The standard InChI is InChI=1S/C18H18N2O3S2/c1-2-23-17-5-3-4-6-18(17)25(21,22)20-11-14-9-16(12-19-10-14)15-7-8-24-13-15/h3-10,12-13,20H,2,11H2,1H3. The van der Waals surface area contributed by atoms with Crippen molar-refractivity contribution in [2.45, 2.75) is 18.4 Å². The Hall–Kier alpha value is -2.22. The summed E-state index contributed by atoms with van der Waals surface area (Å²) in [4.78, 5) is 4.34. The molecule has 1 N–H and O–H groups in total. The number of ether oxygens (including phenoxy) is 1. The van der Waals surface area contributed by atoms with Gasteiger partial charge in [-0.1, -0.05) is 12.1 Å². The number of hydrogen-bond acceptors (Lipinski definition) is 5. The third kappa shape index (κ3) is 4.25. The van der Waals surface area contributed by atoms with Gasteiger partial charge in [0.1, 0.15) is 10.6 Å². The van der Waals surface area contributed by atoms with Gasteiger partial charge < -0.3 is 4.74 Å². The second-order valence-corrected chi connectivity index (χ2v) is 7.81. The van der Waals surface area contributed by atoms with E-state index < -0.39 is 10.0 Å².